The van der Waals surface area contributed by atoms with Crippen LogP contribution in [0.3, 0.4) is 0 Å². The molecule has 0 aromatic heterocycles. The molecule has 0 saturated heterocycles. The summed E-state index contributed by atoms with van der Waals surface area (Å²) in [5, 5.41) is 8.21. The summed E-state index contributed by atoms with van der Waals surface area (Å²) in [7, 11) is 0. The molecule has 0 fully saturated rings. The molecule has 0 saturated carbocycles. The van der Waals surface area contributed by atoms with E-state index in [9.17, 15) is 14.4 Å². The van der Waals surface area contributed by atoms with Crippen LogP contribution in [0.15, 0.2) is 103 Å². The van der Waals surface area contributed by atoms with Crippen molar-refractivity contribution in [3.8, 4) is 11.5 Å². The van der Waals surface area contributed by atoms with Crippen LogP contribution in [0.2, 0.25) is 0 Å². The third kappa shape index (κ3) is 12.0. The highest BCUT2D eigenvalue weighted by Crippen LogP contribution is 2.25. The molecule has 0 aliphatic carbocycles. The lowest BCUT2D eigenvalue weighted by Gasteiger charge is -2.20. The highest BCUT2D eigenvalue weighted by molar-refractivity contribution is 5.85. The standard InChI is InChI=1S/C38H43N3O7/c1-5-45-35(42)33(41-36(43)39-24-27-17-20-31(21-18-27)40-37(44)48-38(2,3)4)22-29-16-19-30(26-46-32-14-10-7-11-15-32)34(23-29)47-25-28-12-8-6-9-13-28/h6-21,23,33H,5,22,24-26H2,1-4H3,(H,40,44)(H2,39,41,43)/t33-/m0/s1. The van der Waals surface area contributed by atoms with Gasteiger partial charge in [0.1, 0.15) is 36.4 Å². The molecule has 48 heavy (non-hydrogen) atoms. The number of carbonyl (C=O) groups excluding carboxylic acids is 3. The summed E-state index contributed by atoms with van der Waals surface area (Å²) in [5.74, 6) is 0.805. The molecule has 0 aliphatic rings. The molecule has 10 nitrogen and oxygen atoms in total. The van der Waals surface area contributed by atoms with Crippen LogP contribution < -0.4 is 25.4 Å². The summed E-state index contributed by atoms with van der Waals surface area (Å²) >= 11 is 0. The molecule has 4 rings (SSSR count). The number of nitrogens with one attached hydrogen (secondary N) is 3. The number of ether oxygens (including phenoxy) is 4. The quantitative estimate of drug-likeness (QED) is 0.123. The molecular weight excluding hydrogens is 610 g/mol. The summed E-state index contributed by atoms with van der Waals surface area (Å²) in [5.41, 5.74) is 3.36. The average Bonchev–Trinajstić information content (AvgIpc) is 3.06. The Bertz CT molecular complexity index is 1620. The predicted molar refractivity (Wildman–Crippen MR) is 184 cm³/mol. The predicted octanol–water partition coefficient (Wildman–Crippen LogP) is 7.17. The first-order valence-electron chi connectivity index (χ1n) is 15.8. The van der Waals surface area contributed by atoms with Gasteiger partial charge in [0.25, 0.3) is 0 Å². The van der Waals surface area contributed by atoms with Crippen LogP contribution in [-0.2, 0) is 40.4 Å². The van der Waals surface area contributed by atoms with Crippen LogP contribution >= 0.6 is 0 Å². The van der Waals surface area contributed by atoms with Crippen LogP contribution in [0.4, 0.5) is 15.3 Å². The molecule has 10 heteroatoms. The smallest absolute Gasteiger partial charge is 0.412 e. The lowest BCUT2D eigenvalue weighted by molar-refractivity contribution is -0.145. The van der Waals surface area contributed by atoms with Gasteiger partial charge in [-0.25, -0.2) is 14.4 Å². The molecule has 4 aromatic carbocycles. The Morgan fingerprint density at radius 3 is 2.08 bits per heavy atom. The molecule has 4 aromatic rings. The van der Waals surface area contributed by atoms with Gasteiger partial charge >= 0.3 is 18.1 Å². The third-order valence-electron chi connectivity index (χ3n) is 6.87. The zero-order valence-electron chi connectivity index (χ0n) is 27.8. The minimum Gasteiger partial charge on any atom is -0.489 e. The molecule has 0 heterocycles. The molecule has 0 bridgehead atoms. The summed E-state index contributed by atoms with van der Waals surface area (Å²) < 4.78 is 22.8. The fourth-order valence-electron chi connectivity index (χ4n) is 4.58. The van der Waals surface area contributed by atoms with E-state index in [0.717, 1.165) is 28.0 Å². The normalized spacial score (nSPS) is 11.5. The lowest BCUT2D eigenvalue weighted by Crippen LogP contribution is -2.47. The summed E-state index contributed by atoms with van der Waals surface area (Å²) in [6.07, 6.45) is -0.374. The minimum atomic E-state index is -0.946. The Balaban J connectivity index is 1.40. The maximum Gasteiger partial charge on any atom is 0.412 e. The second-order valence-electron chi connectivity index (χ2n) is 12.0. The molecule has 3 amide bonds. The maximum absolute atomic E-state index is 12.9. The lowest BCUT2D eigenvalue weighted by atomic mass is 10.0. The van der Waals surface area contributed by atoms with Gasteiger partial charge in [-0.3, -0.25) is 5.32 Å². The minimum absolute atomic E-state index is 0.170. The van der Waals surface area contributed by atoms with E-state index in [0.29, 0.717) is 18.0 Å². The first kappa shape index (κ1) is 35.3. The Kier molecular flexibility index (Phi) is 12.8. The molecule has 0 unspecified atom stereocenters. The van der Waals surface area contributed by atoms with Gasteiger partial charge in [-0.15, -0.1) is 0 Å². The summed E-state index contributed by atoms with van der Waals surface area (Å²) in [4.78, 5) is 37.9. The van der Waals surface area contributed by atoms with Crippen LogP contribution in [0.1, 0.15) is 49.9 Å². The van der Waals surface area contributed by atoms with Crippen molar-refractivity contribution in [2.45, 2.75) is 65.5 Å². The van der Waals surface area contributed by atoms with Gasteiger partial charge in [-0.2, -0.15) is 0 Å². The number of carbonyl (C=O) groups is 3. The zero-order valence-corrected chi connectivity index (χ0v) is 27.8. The van der Waals surface area contributed by atoms with Gasteiger partial charge < -0.3 is 29.6 Å². The van der Waals surface area contributed by atoms with Gasteiger partial charge in [0.2, 0.25) is 0 Å². The highest BCUT2D eigenvalue weighted by atomic mass is 16.6. The van der Waals surface area contributed by atoms with Gasteiger partial charge in [0.15, 0.2) is 0 Å². The Morgan fingerprint density at radius 2 is 1.42 bits per heavy atom. The van der Waals surface area contributed by atoms with Crippen LogP contribution in [0.25, 0.3) is 0 Å². The highest BCUT2D eigenvalue weighted by Gasteiger charge is 2.23. The van der Waals surface area contributed by atoms with Crippen molar-refractivity contribution in [1.29, 1.82) is 0 Å². The maximum atomic E-state index is 12.9. The number of anilines is 1. The van der Waals surface area contributed by atoms with E-state index in [1.54, 1.807) is 52.0 Å². The van der Waals surface area contributed by atoms with Gasteiger partial charge in [-0.05, 0) is 74.7 Å². The molecule has 0 radical (unpaired) electrons. The van der Waals surface area contributed by atoms with Gasteiger partial charge in [0.05, 0.1) is 6.61 Å². The molecule has 252 valence electrons. The van der Waals surface area contributed by atoms with E-state index in [2.05, 4.69) is 16.0 Å². The largest absolute Gasteiger partial charge is 0.489 e. The van der Waals surface area contributed by atoms with E-state index in [1.165, 1.54) is 0 Å². The van der Waals surface area contributed by atoms with E-state index in [-0.39, 0.29) is 26.2 Å². The van der Waals surface area contributed by atoms with Crippen molar-refractivity contribution in [3.63, 3.8) is 0 Å². The van der Waals surface area contributed by atoms with E-state index < -0.39 is 29.7 Å². The van der Waals surface area contributed by atoms with Crippen LogP contribution in [0, 0.1) is 0 Å². The number of benzene rings is 4. The molecular formula is C38H43N3O7. The second-order valence-corrected chi connectivity index (χ2v) is 12.0. The van der Waals surface area contributed by atoms with Crippen molar-refractivity contribution in [3.05, 3.63) is 125 Å². The average molecular weight is 654 g/mol. The summed E-state index contributed by atoms with van der Waals surface area (Å²) in [6.45, 7) is 8.08. The van der Waals surface area contributed by atoms with E-state index in [4.69, 9.17) is 18.9 Å². The number of hydrogen-bond acceptors (Lipinski definition) is 7. The Morgan fingerprint density at radius 1 is 0.750 bits per heavy atom. The number of hydrogen-bond donors (Lipinski definition) is 3. The zero-order chi connectivity index (χ0) is 34.4. The third-order valence-corrected chi connectivity index (χ3v) is 6.87. The van der Waals surface area contributed by atoms with Crippen molar-refractivity contribution in [2.24, 2.45) is 0 Å². The fraction of sp³-hybridized carbons (Fsp3) is 0.289. The van der Waals surface area contributed by atoms with Crippen molar-refractivity contribution in [2.75, 3.05) is 11.9 Å². The SMILES string of the molecule is CCOC(=O)[C@H](Cc1ccc(COc2ccccc2)c(OCc2ccccc2)c1)NC(=O)NCc1ccc(NC(=O)OC(C)(C)C)cc1. The number of esters is 1. The van der Waals surface area contributed by atoms with Crippen molar-refractivity contribution >= 4 is 23.8 Å². The molecule has 0 spiro atoms. The molecule has 1 atom stereocenters. The topological polar surface area (TPSA) is 124 Å². The van der Waals surface area contributed by atoms with E-state index in [1.807, 2.05) is 78.9 Å². The summed E-state index contributed by atoms with van der Waals surface area (Å²) in [6, 6.07) is 30.5. The van der Waals surface area contributed by atoms with Gasteiger partial charge in [0, 0.05) is 24.2 Å². The molecule has 0 aliphatic heterocycles. The van der Waals surface area contributed by atoms with Crippen molar-refractivity contribution < 1.29 is 33.3 Å². The number of urea groups is 1. The number of amides is 3. The fourth-order valence-corrected chi connectivity index (χ4v) is 4.58. The first-order valence-corrected chi connectivity index (χ1v) is 15.8. The van der Waals surface area contributed by atoms with Crippen molar-refractivity contribution in [1.82, 2.24) is 10.6 Å². The van der Waals surface area contributed by atoms with Crippen LogP contribution in [-0.4, -0.2) is 36.3 Å². The van der Waals surface area contributed by atoms with Crippen LogP contribution in [0.5, 0.6) is 11.5 Å². The molecule has 3 N–H and O–H groups in total. The Labute approximate surface area is 281 Å². The Hall–Kier alpha value is -5.51. The number of para-hydroxylation sites is 1. The second kappa shape index (κ2) is 17.4. The number of rotatable bonds is 14. The monoisotopic (exact) mass is 653 g/mol. The first-order chi connectivity index (χ1) is 23.1. The van der Waals surface area contributed by atoms with E-state index >= 15 is 0 Å². The van der Waals surface area contributed by atoms with Gasteiger partial charge in [-0.1, -0.05) is 72.8 Å².